The van der Waals surface area contributed by atoms with Crippen LogP contribution in [0.4, 0.5) is 0 Å². The minimum atomic E-state index is -3.84. The molecule has 3 rings (SSSR count). The van der Waals surface area contributed by atoms with E-state index in [1.165, 1.54) is 17.5 Å². The Hall–Kier alpha value is -1.81. The smallest absolute Gasteiger partial charge is 0.307 e. The molecule has 0 N–H and O–H groups in total. The number of thiophene rings is 1. The minimum Gasteiger partial charge on any atom is -0.490 e. The van der Waals surface area contributed by atoms with Gasteiger partial charge >= 0.3 is 5.97 Å². The van der Waals surface area contributed by atoms with Gasteiger partial charge in [-0.15, -0.1) is 11.3 Å². The Morgan fingerprint density at radius 3 is 2.43 bits per heavy atom. The maximum Gasteiger partial charge on any atom is 0.307 e. The first-order valence-electron chi connectivity index (χ1n) is 9.58. The molecule has 164 valence electrons. The number of carbonyl (C=O) groups is 1. The molecule has 30 heavy (non-hydrogen) atoms. The summed E-state index contributed by atoms with van der Waals surface area (Å²) in [4.78, 5) is 12.2. The lowest BCUT2D eigenvalue weighted by molar-refractivity contribution is -0.141. The van der Waals surface area contributed by atoms with Crippen molar-refractivity contribution >= 4 is 38.9 Å². The number of fused-ring (bicyclic) bond motifs is 1. The molecule has 1 aliphatic heterocycles. The predicted octanol–water partition coefficient (Wildman–Crippen LogP) is 4.05. The van der Waals surface area contributed by atoms with Gasteiger partial charge in [-0.25, -0.2) is 8.42 Å². The lowest BCUT2D eigenvalue weighted by Gasteiger charge is -2.36. The number of hydrogen-bond donors (Lipinski definition) is 0. The fourth-order valence-electron chi connectivity index (χ4n) is 3.52. The largest absolute Gasteiger partial charge is 0.490 e. The number of halogens is 1. The first-order valence-corrected chi connectivity index (χ1v) is 12.2. The number of esters is 1. The van der Waals surface area contributed by atoms with Gasteiger partial charge in [0.15, 0.2) is 11.5 Å². The Balaban J connectivity index is 2.10. The number of nitrogens with zero attached hydrogens (tertiary/aromatic N) is 1. The minimum absolute atomic E-state index is 0.110. The van der Waals surface area contributed by atoms with Crippen molar-refractivity contribution in [3.8, 4) is 11.5 Å². The summed E-state index contributed by atoms with van der Waals surface area (Å²) in [6.45, 7) is 4.88. The Kier molecular flexibility index (Phi) is 7.28. The van der Waals surface area contributed by atoms with Gasteiger partial charge in [0, 0.05) is 6.54 Å². The van der Waals surface area contributed by atoms with Crippen molar-refractivity contribution in [2.45, 2.75) is 36.9 Å². The summed E-state index contributed by atoms with van der Waals surface area (Å²) in [6, 6.07) is 5.97. The molecule has 0 bridgehead atoms. The van der Waals surface area contributed by atoms with Crippen LogP contribution in [0.25, 0.3) is 0 Å². The summed E-state index contributed by atoms with van der Waals surface area (Å²) < 4.78 is 44.8. The number of hydrogen-bond acceptors (Lipinski definition) is 7. The van der Waals surface area contributed by atoms with E-state index in [2.05, 4.69) is 0 Å². The topological polar surface area (TPSA) is 82.1 Å². The Morgan fingerprint density at radius 2 is 1.87 bits per heavy atom. The second-order valence-electron chi connectivity index (χ2n) is 6.58. The fourth-order valence-corrected chi connectivity index (χ4v) is 6.73. The Bertz CT molecular complexity index is 1020. The summed E-state index contributed by atoms with van der Waals surface area (Å²) >= 11 is 6.95. The zero-order valence-electron chi connectivity index (χ0n) is 17.0. The third-order valence-electron chi connectivity index (χ3n) is 4.81. The van der Waals surface area contributed by atoms with Gasteiger partial charge in [0.2, 0.25) is 0 Å². The molecule has 2 aromatic rings. The number of carbonyl (C=O) groups excluding carboxylic acids is 1. The molecule has 1 aliphatic rings. The summed E-state index contributed by atoms with van der Waals surface area (Å²) in [5, 5.41) is 0. The SMILES string of the molecule is CCOc1cc2c(cc1OCC)[C@@H](CC(=O)OC)N(S(=O)(=O)c1ccc(Cl)s1)CC2. The number of sulfonamides is 1. The summed E-state index contributed by atoms with van der Waals surface area (Å²) in [6.07, 6.45) is 0.374. The maximum absolute atomic E-state index is 13.3. The van der Waals surface area contributed by atoms with Crippen molar-refractivity contribution in [2.24, 2.45) is 0 Å². The van der Waals surface area contributed by atoms with Crippen LogP contribution in [0.1, 0.15) is 37.4 Å². The average Bonchev–Trinajstić information content (AvgIpc) is 3.16. The summed E-state index contributed by atoms with van der Waals surface area (Å²) in [5.41, 5.74) is 1.64. The van der Waals surface area contributed by atoms with Crippen LogP contribution in [0.5, 0.6) is 11.5 Å². The third-order valence-corrected chi connectivity index (χ3v) is 8.42. The Morgan fingerprint density at radius 1 is 1.20 bits per heavy atom. The highest BCUT2D eigenvalue weighted by atomic mass is 35.5. The van der Waals surface area contributed by atoms with E-state index in [0.29, 0.717) is 41.0 Å². The van der Waals surface area contributed by atoms with E-state index in [-0.39, 0.29) is 17.2 Å². The first-order chi connectivity index (χ1) is 14.3. The van der Waals surface area contributed by atoms with Gasteiger partial charge in [-0.1, -0.05) is 11.6 Å². The van der Waals surface area contributed by atoms with Gasteiger partial charge in [-0.05, 0) is 55.7 Å². The molecule has 0 unspecified atom stereocenters. The standard InChI is InChI=1S/C20H24ClNO6S2/c1-4-27-16-10-13-8-9-22(30(24,25)20-7-6-18(21)29-20)15(12-19(23)26-3)14(13)11-17(16)28-5-2/h6-7,10-11,15H,4-5,8-9,12H2,1-3H3/t15-/m1/s1. The lowest BCUT2D eigenvalue weighted by Crippen LogP contribution is -2.40. The van der Waals surface area contributed by atoms with E-state index in [1.807, 2.05) is 19.9 Å². The van der Waals surface area contributed by atoms with Crippen molar-refractivity contribution in [2.75, 3.05) is 26.9 Å². The average molecular weight is 474 g/mol. The third kappa shape index (κ3) is 4.59. The molecular formula is C20H24ClNO6S2. The van der Waals surface area contributed by atoms with E-state index < -0.39 is 22.0 Å². The van der Waals surface area contributed by atoms with Crippen LogP contribution in [0.15, 0.2) is 28.5 Å². The zero-order valence-corrected chi connectivity index (χ0v) is 19.4. The summed E-state index contributed by atoms with van der Waals surface area (Å²) in [5.74, 6) is 0.631. The van der Waals surface area contributed by atoms with E-state index in [9.17, 15) is 13.2 Å². The zero-order chi connectivity index (χ0) is 21.9. The van der Waals surface area contributed by atoms with E-state index >= 15 is 0 Å². The Labute approximate surface area is 185 Å². The molecule has 0 aliphatic carbocycles. The second-order valence-corrected chi connectivity index (χ2v) is 10.4. The molecule has 10 heteroatoms. The van der Waals surface area contributed by atoms with Gasteiger partial charge in [0.05, 0.1) is 37.1 Å². The lowest BCUT2D eigenvalue weighted by atomic mass is 9.91. The van der Waals surface area contributed by atoms with Crippen LogP contribution in [-0.2, 0) is 26.0 Å². The van der Waals surface area contributed by atoms with Gasteiger partial charge in [-0.3, -0.25) is 4.79 Å². The molecule has 0 saturated carbocycles. The molecule has 0 fully saturated rings. The number of rotatable bonds is 8. The van der Waals surface area contributed by atoms with Gasteiger partial charge in [0.25, 0.3) is 10.0 Å². The second kappa shape index (κ2) is 9.55. The molecule has 7 nitrogen and oxygen atoms in total. The van der Waals surface area contributed by atoms with Crippen molar-refractivity contribution in [3.05, 3.63) is 39.7 Å². The van der Waals surface area contributed by atoms with Crippen molar-refractivity contribution < 1.29 is 27.4 Å². The first kappa shape index (κ1) is 22.9. The van der Waals surface area contributed by atoms with Crippen LogP contribution >= 0.6 is 22.9 Å². The van der Waals surface area contributed by atoms with Crippen molar-refractivity contribution in [1.29, 1.82) is 0 Å². The predicted molar refractivity (Wildman–Crippen MR) is 115 cm³/mol. The molecule has 1 atom stereocenters. The molecule has 1 aromatic carbocycles. The highest BCUT2D eigenvalue weighted by molar-refractivity contribution is 7.91. The van der Waals surface area contributed by atoms with Crippen LogP contribution in [0.3, 0.4) is 0 Å². The summed E-state index contributed by atoms with van der Waals surface area (Å²) in [7, 11) is -2.56. The van der Waals surface area contributed by atoms with Crippen LogP contribution in [-0.4, -0.2) is 45.6 Å². The van der Waals surface area contributed by atoms with E-state index in [4.69, 9.17) is 25.8 Å². The molecule has 0 spiro atoms. The van der Waals surface area contributed by atoms with Crippen molar-refractivity contribution in [1.82, 2.24) is 4.31 Å². The molecule has 0 saturated heterocycles. The highest BCUT2D eigenvalue weighted by Gasteiger charge is 2.39. The molecule has 0 radical (unpaired) electrons. The van der Waals surface area contributed by atoms with Crippen molar-refractivity contribution in [3.63, 3.8) is 0 Å². The normalized spacial score (nSPS) is 16.7. The highest BCUT2D eigenvalue weighted by Crippen LogP contribution is 2.42. The van der Waals surface area contributed by atoms with Crippen LogP contribution in [0.2, 0.25) is 4.34 Å². The number of benzene rings is 1. The van der Waals surface area contributed by atoms with E-state index in [0.717, 1.165) is 16.9 Å². The fraction of sp³-hybridized carbons (Fsp3) is 0.450. The molecule has 0 amide bonds. The molecule has 1 aromatic heterocycles. The maximum atomic E-state index is 13.3. The number of ether oxygens (including phenoxy) is 3. The van der Waals surface area contributed by atoms with Gasteiger partial charge in [0.1, 0.15) is 4.21 Å². The van der Waals surface area contributed by atoms with Crippen LogP contribution < -0.4 is 9.47 Å². The van der Waals surface area contributed by atoms with E-state index in [1.54, 1.807) is 12.1 Å². The van der Waals surface area contributed by atoms with Gasteiger partial charge in [-0.2, -0.15) is 4.31 Å². The molecular weight excluding hydrogens is 450 g/mol. The van der Waals surface area contributed by atoms with Gasteiger partial charge < -0.3 is 14.2 Å². The monoisotopic (exact) mass is 473 g/mol. The molecule has 2 heterocycles. The number of methoxy groups -OCH3 is 1. The quantitative estimate of drug-likeness (QED) is 0.538. The van der Waals surface area contributed by atoms with Crippen LogP contribution in [0, 0.1) is 0 Å².